The van der Waals surface area contributed by atoms with E-state index in [0.717, 1.165) is 34.3 Å². The molecule has 1 aromatic heterocycles. The fourth-order valence-corrected chi connectivity index (χ4v) is 3.36. The summed E-state index contributed by atoms with van der Waals surface area (Å²) in [5, 5.41) is 1.23. The van der Waals surface area contributed by atoms with Crippen molar-refractivity contribution in [1.29, 1.82) is 0 Å². The molecule has 0 spiro atoms. The average Bonchev–Trinajstić information content (AvgIpc) is 2.56. The van der Waals surface area contributed by atoms with Crippen molar-refractivity contribution in [3.8, 4) is 22.6 Å². The number of pyridine rings is 1. The van der Waals surface area contributed by atoms with Gasteiger partial charge < -0.3 is 4.74 Å². The molecule has 3 rings (SSSR count). The van der Waals surface area contributed by atoms with Crippen molar-refractivity contribution < 1.29 is 4.74 Å². The third kappa shape index (κ3) is 4.97. The van der Waals surface area contributed by atoms with Crippen molar-refractivity contribution in [2.45, 2.75) is 19.8 Å². The minimum absolute atomic E-state index is 0.614. The van der Waals surface area contributed by atoms with Gasteiger partial charge in [-0.05, 0) is 81.5 Å². The van der Waals surface area contributed by atoms with E-state index in [4.69, 9.17) is 27.9 Å². The highest BCUT2D eigenvalue weighted by molar-refractivity contribution is 9.10. The van der Waals surface area contributed by atoms with Gasteiger partial charge in [0.1, 0.15) is 16.1 Å². The van der Waals surface area contributed by atoms with Crippen LogP contribution in [0, 0.1) is 0 Å². The van der Waals surface area contributed by atoms with Crippen LogP contribution in [0.5, 0.6) is 11.5 Å². The van der Waals surface area contributed by atoms with Crippen LogP contribution in [-0.2, 0) is 6.42 Å². The van der Waals surface area contributed by atoms with Crippen LogP contribution < -0.4 is 4.74 Å². The molecule has 0 bridgehead atoms. The lowest BCUT2D eigenvalue weighted by molar-refractivity contribution is 0.479. The monoisotopic (exact) mass is 435 g/mol. The molecular formula is C20H16BrCl2NO. The maximum absolute atomic E-state index is 6.16. The van der Waals surface area contributed by atoms with Gasteiger partial charge in [0.25, 0.3) is 0 Å². The number of ether oxygens (including phenoxy) is 1. The summed E-state index contributed by atoms with van der Waals surface area (Å²) >= 11 is 15.6. The van der Waals surface area contributed by atoms with E-state index in [-0.39, 0.29) is 0 Å². The lowest BCUT2D eigenvalue weighted by Crippen LogP contribution is -1.91. The molecule has 0 radical (unpaired) electrons. The zero-order valence-corrected chi connectivity index (χ0v) is 16.7. The molecule has 0 aliphatic rings. The van der Waals surface area contributed by atoms with E-state index in [2.05, 4.69) is 40.0 Å². The predicted octanol–water partition coefficient (Wildman–Crippen LogP) is 7.56. The minimum Gasteiger partial charge on any atom is -0.456 e. The minimum atomic E-state index is 0.614. The molecule has 2 aromatic carbocycles. The van der Waals surface area contributed by atoms with Crippen LogP contribution in [0.25, 0.3) is 11.1 Å². The molecule has 0 aliphatic carbocycles. The van der Waals surface area contributed by atoms with Gasteiger partial charge in [-0.25, -0.2) is 4.98 Å². The fourth-order valence-electron chi connectivity index (χ4n) is 2.60. The average molecular weight is 437 g/mol. The first-order valence-corrected chi connectivity index (χ1v) is 9.48. The van der Waals surface area contributed by atoms with E-state index in [1.54, 1.807) is 12.3 Å². The van der Waals surface area contributed by atoms with Crippen LogP contribution in [0.3, 0.4) is 0 Å². The Labute approximate surface area is 165 Å². The maximum Gasteiger partial charge on any atom is 0.145 e. The molecule has 0 amide bonds. The topological polar surface area (TPSA) is 22.1 Å². The Balaban J connectivity index is 2.00. The van der Waals surface area contributed by atoms with Crippen LogP contribution in [0.4, 0.5) is 0 Å². The highest BCUT2D eigenvalue weighted by Crippen LogP contribution is 2.32. The SMILES string of the molecule is CCCc1cc(Oc2ccc(Br)nc2)cc(-c2cc(Cl)cc(Cl)c2)c1. The zero-order valence-electron chi connectivity index (χ0n) is 13.6. The number of rotatable bonds is 5. The molecule has 5 heteroatoms. The van der Waals surface area contributed by atoms with Crippen molar-refractivity contribution in [2.75, 3.05) is 0 Å². The van der Waals surface area contributed by atoms with Crippen LogP contribution in [0.15, 0.2) is 59.3 Å². The Hall–Kier alpha value is -1.55. The third-order valence-corrected chi connectivity index (χ3v) is 4.54. The van der Waals surface area contributed by atoms with Gasteiger partial charge in [0.05, 0.1) is 6.20 Å². The number of hydrogen-bond acceptors (Lipinski definition) is 2. The molecule has 0 aliphatic heterocycles. The molecule has 0 saturated carbocycles. The first-order chi connectivity index (χ1) is 12.0. The quantitative estimate of drug-likeness (QED) is 0.385. The highest BCUT2D eigenvalue weighted by atomic mass is 79.9. The van der Waals surface area contributed by atoms with Gasteiger partial charge in [-0.15, -0.1) is 0 Å². The van der Waals surface area contributed by atoms with E-state index in [0.29, 0.717) is 15.8 Å². The van der Waals surface area contributed by atoms with Crippen molar-refractivity contribution in [1.82, 2.24) is 4.98 Å². The molecule has 3 aromatic rings. The van der Waals surface area contributed by atoms with E-state index in [1.165, 1.54) is 5.56 Å². The molecule has 25 heavy (non-hydrogen) atoms. The standard InChI is InChI=1S/C20H16BrCl2NO/c1-2-3-13-6-14(15-8-16(22)11-17(23)9-15)10-19(7-13)25-18-4-5-20(21)24-12-18/h4-12H,2-3H2,1H3. The van der Waals surface area contributed by atoms with E-state index < -0.39 is 0 Å². The Morgan fingerprint density at radius 3 is 2.28 bits per heavy atom. The highest BCUT2D eigenvalue weighted by Gasteiger charge is 2.08. The van der Waals surface area contributed by atoms with Crippen molar-refractivity contribution in [3.05, 3.63) is 74.9 Å². The Morgan fingerprint density at radius 2 is 1.64 bits per heavy atom. The maximum atomic E-state index is 6.16. The summed E-state index contributed by atoms with van der Waals surface area (Å²) in [5.74, 6) is 1.45. The van der Waals surface area contributed by atoms with Gasteiger partial charge in [-0.1, -0.05) is 42.6 Å². The number of nitrogens with zero attached hydrogens (tertiary/aromatic N) is 1. The van der Waals surface area contributed by atoms with Gasteiger partial charge in [0, 0.05) is 10.0 Å². The Kier molecular flexibility index (Phi) is 6.00. The van der Waals surface area contributed by atoms with E-state index in [1.807, 2.05) is 30.3 Å². The molecule has 0 saturated heterocycles. The second-order valence-electron chi connectivity index (χ2n) is 5.69. The number of halogens is 3. The smallest absolute Gasteiger partial charge is 0.145 e. The molecule has 2 nitrogen and oxygen atoms in total. The third-order valence-electron chi connectivity index (χ3n) is 3.64. The predicted molar refractivity (Wildman–Crippen MR) is 108 cm³/mol. The van der Waals surface area contributed by atoms with Gasteiger partial charge >= 0.3 is 0 Å². The summed E-state index contributed by atoms with van der Waals surface area (Å²) in [6, 6.07) is 15.5. The molecule has 1 heterocycles. The number of benzene rings is 2. The second-order valence-corrected chi connectivity index (χ2v) is 7.38. The normalized spacial score (nSPS) is 10.7. The molecule has 0 unspecified atom stereocenters. The van der Waals surface area contributed by atoms with Crippen LogP contribution in [-0.4, -0.2) is 4.98 Å². The molecule has 0 atom stereocenters. The summed E-state index contributed by atoms with van der Waals surface area (Å²) in [7, 11) is 0. The van der Waals surface area contributed by atoms with Gasteiger partial charge in [-0.3, -0.25) is 0 Å². The number of hydrogen-bond donors (Lipinski definition) is 0. The second kappa shape index (κ2) is 8.22. The summed E-state index contributed by atoms with van der Waals surface area (Å²) in [6.07, 6.45) is 3.71. The van der Waals surface area contributed by atoms with Crippen molar-refractivity contribution >= 4 is 39.1 Å². The number of aryl methyl sites for hydroxylation is 1. The van der Waals surface area contributed by atoms with E-state index >= 15 is 0 Å². The lowest BCUT2D eigenvalue weighted by Gasteiger charge is -2.12. The van der Waals surface area contributed by atoms with Crippen LogP contribution in [0.1, 0.15) is 18.9 Å². The molecule has 0 N–H and O–H groups in total. The van der Waals surface area contributed by atoms with Crippen LogP contribution in [0.2, 0.25) is 10.0 Å². The Bertz CT molecular complexity index is 861. The van der Waals surface area contributed by atoms with Gasteiger partial charge in [0.15, 0.2) is 0 Å². The molecule has 0 fully saturated rings. The van der Waals surface area contributed by atoms with Gasteiger partial charge in [0.2, 0.25) is 0 Å². The largest absolute Gasteiger partial charge is 0.456 e. The van der Waals surface area contributed by atoms with E-state index in [9.17, 15) is 0 Å². The summed E-state index contributed by atoms with van der Waals surface area (Å²) in [4.78, 5) is 4.19. The van der Waals surface area contributed by atoms with Gasteiger partial charge in [-0.2, -0.15) is 0 Å². The summed E-state index contributed by atoms with van der Waals surface area (Å²) in [6.45, 7) is 2.15. The zero-order chi connectivity index (χ0) is 17.8. The first kappa shape index (κ1) is 18.2. The Morgan fingerprint density at radius 1 is 0.920 bits per heavy atom. The van der Waals surface area contributed by atoms with Crippen molar-refractivity contribution in [2.24, 2.45) is 0 Å². The summed E-state index contributed by atoms with van der Waals surface area (Å²) < 4.78 is 6.77. The molecular weight excluding hydrogens is 421 g/mol. The van der Waals surface area contributed by atoms with Crippen LogP contribution >= 0.6 is 39.1 Å². The van der Waals surface area contributed by atoms with Crippen molar-refractivity contribution in [3.63, 3.8) is 0 Å². The lowest BCUT2D eigenvalue weighted by atomic mass is 10.0. The molecule has 128 valence electrons. The summed E-state index contributed by atoms with van der Waals surface area (Å²) in [5.41, 5.74) is 3.20. The first-order valence-electron chi connectivity index (χ1n) is 7.93. The number of aromatic nitrogens is 1. The fraction of sp³-hybridized carbons (Fsp3) is 0.150.